The summed E-state index contributed by atoms with van der Waals surface area (Å²) in [5.74, 6) is 0. The van der Waals surface area contributed by atoms with E-state index < -0.39 is 15.5 Å². The van der Waals surface area contributed by atoms with E-state index in [0.717, 1.165) is 33.4 Å². The molecule has 4 rings (SSSR count). The maximum Gasteiger partial charge on any atom is 0.356 e. The van der Waals surface area contributed by atoms with Crippen molar-refractivity contribution in [3.05, 3.63) is 108 Å². The monoisotopic (exact) mass is 526 g/mol. The zero-order chi connectivity index (χ0) is 26.1. The minimum absolute atomic E-state index is 0.0118. The number of nitrogens with zero attached hydrogens (tertiary/aromatic N) is 2. The summed E-state index contributed by atoms with van der Waals surface area (Å²) < 4.78 is 15.4. The first kappa shape index (κ1) is 26.3. The minimum Gasteiger partial charge on any atom is -0.627 e. The smallest absolute Gasteiger partial charge is 0.356 e. The molecule has 0 unspecified atom stereocenters. The van der Waals surface area contributed by atoms with Gasteiger partial charge in [-0.25, -0.2) is 18.9 Å². The van der Waals surface area contributed by atoms with Crippen LogP contribution in [0.5, 0.6) is 0 Å². The van der Waals surface area contributed by atoms with Crippen LogP contribution in [0.4, 0.5) is 0 Å². The number of aromatic nitrogens is 2. The predicted molar refractivity (Wildman–Crippen MR) is 135 cm³/mol. The Morgan fingerprint density at radius 2 is 1.17 bits per heavy atom. The maximum atomic E-state index is 11.4. The van der Waals surface area contributed by atoms with E-state index in [9.17, 15) is 29.0 Å². The lowest BCUT2D eigenvalue weighted by molar-refractivity contribution is -0.688. The second kappa shape index (κ2) is 10.3. The second-order valence-corrected chi connectivity index (χ2v) is 12.1. The summed E-state index contributed by atoms with van der Waals surface area (Å²) in [6, 6.07) is 16.9. The van der Waals surface area contributed by atoms with Gasteiger partial charge >= 0.3 is 7.60 Å². The van der Waals surface area contributed by atoms with Gasteiger partial charge in [-0.2, -0.15) is 0 Å². The molecule has 2 aromatic carbocycles. The molecule has 0 radical (unpaired) electrons. The lowest BCUT2D eigenvalue weighted by atomic mass is 9.99. The normalized spacial score (nSPS) is 12.1. The first-order chi connectivity index (χ1) is 16.9. The van der Waals surface area contributed by atoms with E-state index in [4.69, 9.17) is 0 Å². The zero-order valence-electron chi connectivity index (χ0n) is 19.9. The van der Waals surface area contributed by atoms with Crippen LogP contribution in [0.25, 0.3) is 11.1 Å². The van der Waals surface area contributed by atoms with Crippen LogP contribution in [0.3, 0.4) is 0 Å². The molecule has 4 aromatic rings. The van der Waals surface area contributed by atoms with Crippen molar-refractivity contribution in [2.45, 2.75) is 26.9 Å². The van der Waals surface area contributed by atoms with E-state index in [1.807, 2.05) is 35.4 Å². The second-order valence-electron chi connectivity index (χ2n) is 8.85. The van der Waals surface area contributed by atoms with Gasteiger partial charge in [-0.1, -0.05) is 12.1 Å². The molecule has 0 aliphatic rings. The number of pyridine rings is 2. The van der Waals surface area contributed by atoms with Crippen LogP contribution in [0.1, 0.15) is 22.3 Å². The summed E-state index contributed by atoms with van der Waals surface area (Å²) in [5, 5.41) is 0.0236. The number of aryl methyl sites for hydroxylation is 2. The largest absolute Gasteiger partial charge is 0.627 e. The van der Waals surface area contributed by atoms with Gasteiger partial charge in [0.15, 0.2) is 37.9 Å². The average Bonchev–Trinajstić information content (AvgIpc) is 2.79. The summed E-state index contributed by atoms with van der Waals surface area (Å²) >= 11 is 0. The van der Waals surface area contributed by atoms with Crippen LogP contribution in [-0.4, -0.2) is 19.6 Å². The van der Waals surface area contributed by atoms with Crippen LogP contribution in [0.15, 0.2) is 85.5 Å². The van der Waals surface area contributed by atoms with Crippen molar-refractivity contribution >= 4 is 26.1 Å². The molecule has 4 N–H and O–H groups in total. The van der Waals surface area contributed by atoms with E-state index in [1.54, 1.807) is 24.3 Å². The number of benzene rings is 2. The van der Waals surface area contributed by atoms with Crippen molar-refractivity contribution in [2.75, 3.05) is 0 Å². The SMILES string of the molecule is Cc1c[n+](Cc2ccc(P(=O)(O)O)cc2)ccc1-c1cc[n+](Cc2ccc([P+]([O-])(O)O)cc2)cc1C. The van der Waals surface area contributed by atoms with Gasteiger partial charge in [0.05, 0.1) is 5.30 Å². The van der Waals surface area contributed by atoms with E-state index >= 15 is 0 Å². The van der Waals surface area contributed by atoms with Crippen LogP contribution < -0.4 is 24.6 Å². The number of hydrogen-bond acceptors (Lipinski definition) is 4. The fourth-order valence-electron chi connectivity index (χ4n) is 4.14. The van der Waals surface area contributed by atoms with E-state index in [1.165, 1.54) is 24.3 Å². The molecule has 0 saturated carbocycles. The first-order valence-corrected chi connectivity index (χ1v) is 14.4. The Balaban J connectivity index is 1.49. The number of hydrogen-bond donors (Lipinski definition) is 4. The molecule has 0 aliphatic heterocycles. The molecule has 10 heteroatoms. The quantitative estimate of drug-likeness (QED) is 0.212. The van der Waals surface area contributed by atoms with Crippen LogP contribution >= 0.6 is 15.5 Å². The molecule has 0 bridgehead atoms. The van der Waals surface area contributed by atoms with Crippen LogP contribution in [-0.2, 0) is 17.7 Å². The standard InChI is InChI=1S/C26H26N2O6P2/c1-19-15-27(17-21-3-7-23(8-4-21)35(29,30)31)13-11-25(19)26-12-14-28(16-20(26)2)18-22-5-9-24(10-6-22)36(32,33)34/h3-16H,17-18H2,1-2H3,(H2-2,29,30,31,32,33,34)/p+2. The molecular weight excluding hydrogens is 498 g/mol. The fraction of sp³-hybridized carbons (Fsp3) is 0.154. The summed E-state index contributed by atoms with van der Waals surface area (Å²) in [6.45, 7) is 5.26. The highest BCUT2D eigenvalue weighted by Crippen LogP contribution is 2.37. The van der Waals surface area contributed by atoms with Crippen molar-refractivity contribution in [1.29, 1.82) is 0 Å². The van der Waals surface area contributed by atoms with Crippen molar-refractivity contribution in [1.82, 2.24) is 0 Å². The van der Waals surface area contributed by atoms with Crippen molar-refractivity contribution in [3.63, 3.8) is 0 Å². The summed E-state index contributed by atoms with van der Waals surface area (Å²) in [6.07, 6.45) is 8.08. The Kier molecular flexibility index (Phi) is 7.51. The van der Waals surface area contributed by atoms with Gasteiger partial charge in [-0.05, 0) is 61.4 Å². The van der Waals surface area contributed by atoms with Gasteiger partial charge in [-0.15, -0.1) is 0 Å². The molecule has 2 heterocycles. The Morgan fingerprint density at radius 3 is 1.53 bits per heavy atom. The third-order valence-corrected chi connectivity index (χ3v) is 7.94. The van der Waals surface area contributed by atoms with E-state index in [0.29, 0.717) is 13.1 Å². The third-order valence-electron chi connectivity index (χ3n) is 6.00. The third kappa shape index (κ3) is 6.30. The van der Waals surface area contributed by atoms with Gasteiger partial charge in [0.25, 0.3) is 7.94 Å². The van der Waals surface area contributed by atoms with Gasteiger partial charge in [0.1, 0.15) is 5.30 Å². The predicted octanol–water partition coefficient (Wildman–Crippen LogP) is 1.18. The fourth-order valence-corrected chi connectivity index (χ4v) is 5.21. The highest BCUT2D eigenvalue weighted by molar-refractivity contribution is 7.65. The highest BCUT2D eigenvalue weighted by Gasteiger charge is 2.22. The van der Waals surface area contributed by atoms with Crippen LogP contribution in [0, 0.1) is 13.8 Å². The average molecular weight is 526 g/mol. The van der Waals surface area contributed by atoms with Crippen molar-refractivity contribution in [3.8, 4) is 11.1 Å². The molecule has 0 saturated heterocycles. The van der Waals surface area contributed by atoms with Gasteiger partial charge in [0.2, 0.25) is 0 Å². The van der Waals surface area contributed by atoms with Crippen molar-refractivity contribution in [2.24, 2.45) is 0 Å². The topological polar surface area (TPSA) is 129 Å². The summed E-state index contributed by atoms with van der Waals surface area (Å²) in [4.78, 5) is 48.5. The molecule has 0 spiro atoms. The Labute approximate surface area is 210 Å². The molecule has 0 atom stereocenters. The van der Waals surface area contributed by atoms with Gasteiger partial charge in [-0.3, -0.25) is 4.57 Å². The maximum absolute atomic E-state index is 11.4. The van der Waals surface area contributed by atoms with Crippen molar-refractivity contribution < 1.29 is 38.2 Å². The molecule has 0 amide bonds. The van der Waals surface area contributed by atoms with Gasteiger partial charge in [0, 0.05) is 34.4 Å². The van der Waals surface area contributed by atoms with E-state index in [-0.39, 0.29) is 10.6 Å². The Hall–Kier alpha value is -2.80. The first-order valence-electron chi connectivity index (χ1n) is 11.2. The molecular formula is C26H28N2O6P2+2. The lowest BCUT2D eigenvalue weighted by Crippen LogP contribution is -2.34. The molecule has 8 nitrogen and oxygen atoms in total. The molecule has 0 fully saturated rings. The lowest BCUT2D eigenvalue weighted by Gasteiger charge is -2.14. The zero-order valence-corrected chi connectivity index (χ0v) is 21.7. The molecule has 36 heavy (non-hydrogen) atoms. The Bertz CT molecular complexity index is 1430. The molecule has 186 valence electrons. The Morgan fingerprint density at radius 1 is 0.750 bits per heavy atom. The van der Waals surface area contributed by atoms with Crippen LogP contribution in [0.2, 0.25) is 0 Å². The number of rotatable bonds is 7. The molecule has 0 aliphatic carbocycles. The molecule has 2 aromatic heterocycles. The van der Waals surface area contributed by atoms with E-state index in [2.05, 4.69) is 24.5 Å². The minimum atomic E-state index is -4.24. The summed E-state index contributed by atoms with van der Waals surface area (Å²) in [7, 11) is -8.48. The summed E-state index contributed by atoms with van der Waals surface area (Å²) in [5.41, 5.74) is 6.29. The van der Waals surface area contributed by atoms with Gasteiger partial charge < -0.3 is 14.7 Å². The highest BCUT2D eigenvalue weighted by atomic mass is 31.2.